The van der Waals surface area contributed by atoms with Crippen LogP contribution in [0.3, 0.4) is 0 Å². The lowest BCUT2D eigenvalue weighted by Crippen LogP contribution is -2.32. The fourth-order valence-electron chi connectivity index (χ4n) is 2.53. The van der Waals surface area contributed by atoms with Gasteiger partial charge in [-0.05, 0) is 36.2 Å². The minimum atomic E-state index is -3.55. The molecule has 0 aliphatic rings. The summed E-state index contributed by atoms with van der Waals surface area (Å²) in [5.74, 6) is -0.352. The van der Waals surface area contributed by atoms with Gasteiger partial charge in [0.1, 0.15) is 5.88 Å². The van der Waals surface area contributed by atoms with Gasteiger partial charge in [-0.3, -0.25) is 4.79 Å². The molecule has 0 unspecified atom stereocenters. The molecule has 0 aromatic heterocycles. The number of hydrogen-bond acceptors (Lipinski definition) is 5. The third-order valence-electron chi connectivity index (χ3n) is 4.22. The highest BCUT2D eigenvalue weighted by molar-refractivity contribution is 7.91. The van der Waals surface area contributed by atoms with E-state index in [0.29, 0.717) is 18.5 Å². The number of nitrogens with zero attached hydrogens (tertiary/aromatic N) is 2. The number of benzene rings is 2. The van der Waals surface area contributed by atoms with Crippen LogP contribution < -0.4 is 5.32 Å². The van der Waals surface area contributed by atoms with Crippen molar-refractivity contribution >= 4 is 27.3 Å². The van der Waals surface area contributed by atoms with Gasteiger partial charge in [-0.1, -0.05) is 35.9 Å². The number of sulfone groups is 1. The minimum Gasteiger partial charge on any atom is -0.345 e. The zero-order valence-corrected chi connectivity index (χ0v) is 17.1. The van der Waals surface area contributed by atoms with E-state index in [4.69, 9.17) is 16.9 Å². The van der Waals surface area contributed by atoms with Crippen LogP contribution in [0.2, 0.25) is 5.02 Å². The largest absolute Gasteiger partial charge is 0.345 e. The lowest BCUT2D eigenvalue weighted by molar-refractivity contribution is -0.129. The number of amides is 1. The van der Waals surface area contributed by atoms with Crippen LogP contribution in [-0.4, -0.2) is 45.2 Å². The number of carbonyl (C=O) groups excluding carboxylic acids is 1. The fourth-order valence-corrected chi connectivity index (χ4v) is 4.24. The Morgan fingerprint density at radius 1 is 1.18 bits per heavy atom. The molecule has 0 aliphatic carbocycles. The number of carbonyl (C=O) groups is 1. The molecule has 0 aliphatic heterocycles. The SMILES string of the molecule is CN(CCc1ccc(C#N)cc1)C(=O)CCNCS(=O)(=O)c1ccccc1Cl. The monoisotopic (exact) mass is 419 g/mol. The average molecular weight is 420 g/mol. The molecule has 0 fully saturated rings. The van der Waals surface area contributed by atoms with E-state index in [1.807, 2.05) is 12.1 Å². The van der Waals surface area contributed by atoms with Gasteiger partial charge in [0.25, 0.3) is 0 Å². The smallest absolute Gasteiger partial charge is 0.223 e. The van der Waals surface area contributed by atoms with Gasteiger partial charge in [-0.25, -0.2) is 8.42 Å². The first-order valence-electron chi connectivity index (χ1n) is 8.74. The summed E-state index contributed by atoms with van der Waals surface area (Å²) in [6.07, 6.45) is 0.879. The van der Waals surface area contributed by atoms with Crippen molar-refractivity contribution in [3.8, 4) is 6.07 Å². The normalized spacial score (nSPS) is 11.0. The summed E-state index contributed by atoms with van der Waals surface area (Å²) in [7, 11) is -1.84. The second kappa shape index (κ2) is 10.2. The van der Waals surface area contributed by atoms with Gasteiger partial charge in [0, 0.05) is 26.6 Å². The summed E-state index contributed by atoms with van der Waals surface area (Å²) in [5, 5.41) is 11.8. The Bertz CT molecular complexity index is 953. The summed E-state index contributed by atoms with van der Waals surface area (Å²) < 4.78 is 24.5. The molecule has 2 rings (SSSR count). The molecule has 2 aromatic rings. The summed E-state index contributed by atoms with van der Waals surface area (Å²) in [6.45, 7) is 0.798. The van der Waals surface area contributed by atoms with Crippen molar-refractivity contribution in [3.05, 3.63) is 64.7 Å². The first kappa shape index (κ1) is 21.9. The lowest BCUT2D eigenvalue weighted by atomic mass is 10.1. The Labute approximate surface area is 170 Å². The van der Waals surface area contributed by atoms with Crippen LogP contribution in [0.5, 0.6) is 0 Å². The molecule has 0 saturated carbocycles. The molecule has 0 atom stereocenters. The topological polar surface area (TPSA) is 90.3 Å². The van der Waals surface area contributed by atoms with Gasteiger partial charge in [0.05, 0.1) is 21.6 Å². The summed E-state index contributed by atoms with van der Waals surface area (Å²) in [6, 6.07) is 15.6. The van der Waals surface area contributed by atoms with E-state index in [2.05, 4.69) is 11.4 Å². The zero-order valence-electron chi connectivity index (χ0n) is 15.6. The molecule has 6 nitrogen and oxygen atoms in total. The van der Waals surface area contributed by atoms with Crippen LogP contribution in [0.1, 0.15) is 17.5 Å². The lowest BCUT2D eigenvalue weighted by Gasteiger charge is -2.17. The van der Waals surface area contributed by atoms with Crippen molar-refractivity contribution in [2.75, 3.05) is 26.0 Å². The second-order valence-electron chi connectivity index (χ2n) is 6.31. The highest BCUT2D eigenvalue weighted by Gasteiger charge is 2.17. The molecule has 1 amide bonds. The highest BCUT2D eigenvalue weighted by Crippen LogP contribution is 2.21. The Hall–Kier alpha value is -2.40. The van der Waals surface area contributed by atoms with Gasteiger partial charge in [0.2, 0.25) is 5.91 Å². The predicted molar refractivity (Wildman–Crippen MR) is 109 cm³/mol. The van der Waals surface area contributed by atoms with Gasteiger partial charge < -0.3 is 10.2 Å². The molecule has 0 radical (unpaired) electrons. The molecule has 0 bridgehead atoms. The molecule has 28 heavy (non-hydrogen) atoms. The molecular formula is C20H22ClN3O3S. The van der Waals surface area contributed by atoms with Gasteiger partial charge >= 0.3 is 0 Å². The first-order valence-corrected chi connectivity index (χ1v) is 10.8. The number of likely N-dealkylation sites (N-methyl/N-ethyl adjacent to an activating group) is 1. The van der Waals surface area contributed by atoms with Crippen molar-refractivity contribution in [1.29, 1.82) is 5.26 Å². The number of rotatable bonds is 9. The van der Waals surface area contributed by atoms with Crippen LogP contribution in [0.15, 0.2) is 53.4 Å². The molecule has 1 N–H and O–H groups in total. The second-order valence-corrected chi connectivity index (χ2v) is 8.68. The van der Waals surface area contributed by atoms with Gasteiger partial charge in [-0.15, -0.1) is 0 Å². The Kier molecular flexibility index (Phi) is 8.00. The maximum absolute atomic E-state index is 12.3. The van der Waals surface area contributed by atoms with Gasteiger partial charge in [-0.2, -0.15) is 5.26 Å². The summed E-state index contributed by atoms with van der Waals surface area (Å²) in [5.41, 5.74) is 1.65. The van der Waals surface area contributed by atoms with Gasteiger partial charge in [0.15, 0.2) is 9.84 Å². The third-order valence-corrected chi connectivity index (χ3v) is 6.28. The van der Waals surface area contributed by atoms with Crippen molar-refractivity contribution in [2.45, 2.75) is 17.7 Å². The van der Waals surface area contributed by atoms with Crippen LogP contribution in [0.25, 0.3) is 0 Å². The standard InChI is InChI=1S/C20H22ClN3O3S/c1-24(13-11-16-6-8-17(14-22)9-7-16)20(25)10-12-23-15-28(26,27)19-5-3-2-4-18(19)21/h2-9,23H,10-13,15H2,1H3. The van der Waals surface area contributed by atoms with Crippen molar-refractivity contribution in [3.63, 3.8) is 0 Å². The van der Waals surface area contributed by atoms with E-state index < -0.39 is 9.84 Å². The molecular weight excluding hydrogens is 398 g/mol. The van der Waals surface area contributed by atoms with Crippen molar-refractivity contribution < 1.29 is 13.2 Å². The molecule has 8 heteroatoms. The number of nitrogens with one attached hydrogen (secondary N) is 1. The maximum atomic E-state index is 12.3. The molecule has 0 saturated heterocycles. The van der Waals surface area contributed by atoms with E-state index in [0.717, 1.165) is 5.56 Å². The first-order chi connectivity index (χ1) is 13.3. The van der Waals surface area contributed by atoms with Crippen LogP contribution >= 0.6 is 11.6 Å². The average Bonchev–Trinajstić information content (AvgIpc) is 2.69. The van der Waals surface area contributed by atoms with Crippen molar-refractivity contribution in [1.82, 2.24) is 10.2 Å². The van der Waals surface area contributed by atoms with Crippen LogP contribution in [0.4, 0.5) is 0 Å². The number of hydrogen-bond donors (Lipinski definition) is 1. The Balaban J connectivity index is 1.74. The predicted octanol–water partition coefficient (Wildman–Crippen LogP) is 2.62. The van der Waals surface area contributed by atoms with Crippen molar-refractivity contribution in [2.24, 2.45) is 0 Å². The Morgan fingerprint density at radius 3 is 2.50 bits per heavy atom. The molecule has 0 heterocycles. The zero-order chi connectivity index (χ0) is 20.6. The minimum absolute atomic E-state index is 0.0729. The fraction of sp³-hybridized carbons (Fsp3) is 0.300. The molecule has 148 valence electrons. The summed E-state index contributed by atoms with van der Waals surface area (Å²) >= 11 is 5.93. The molecule has 2 aromatic carbocycles. The van der Waals surface area contributed by atoms with Crippen LogP contribution in [0, 0.1) is 11.3 Å². The summed E-state index contributed by atoms with van der Waals surface area (Å²) in [4.78, 5) is 13.9. The quantitative estimate of drug-likeness (QED) is 0.631. The van der Waals surface area contributed by atoms with E-state index in [9.17, 15) is 13.2 Å². The highest BCUT2D eigenvalue weighted by atomic mass is 35.5. The Morgan fingerprint density at radius 2 is 1.86 bits per heavy atom. The van der Waals surface area contributed by atoms with E-state index >= 15 is 0 Å². The number of halogens is 1. The number of nitriles is 1. The molecule has 0 spiro atoms. The maximum Gasteiger partial charge on any atom is 0.223 e. The van der Waals surface area contributed by atoms with E-state index in [1.165, 1.54) is 12.1 Å². The van der Waals surface area contributed by atoms with E-state index in [1.54, 1.807) is 36.2 Å². The van der Waals surface area contributed by atoms with E-state index in [-0.39, 0.29) is 34.7 Å². The third kappa shape index (κ3) is 6.34. The van der Waals surface area contributed by atoms with Crippen LogP contribution in [-0.2, 0) is 21.1 Å².